The Morgan fingerprint density at radius 2 is 0.684 bits per heavy atom. The van der Waals surface area contributed by atoms with E-state index in [-0.39, 0.29) is 31.5 Å². The fourth-order valence-corrected chi connectivity index (χ4v) is 5.15. The minimum absolute atomic E-state index is 0.143. The van der Waals surface area contributed by atoms with Gasteiger partial charge in [0.2, 0.25) is 0 Å². The van der Waals surface area contributed by atoms with Crippen molar-refractivity contribution in [1.82, 2.24) is 0 Å². The summed E-state index contributed by atoms with van der Waals surface area (Å²) in [7, 11) is 0. The number of benzene rings is 3. The van der Waals surface area contributed by atoms with Gasteiger partial charge in [-0.15, -0.1) is 0 Å². The Hall–Kier alpha value is -2.14. The lowest BCUT2D eigenvalue weighted by molar-refractivity contribution is 0.0683. The maximum absolute atomic E-state index is 12.9. The number of carbonyl (C=O) groups excluding carboxylic acids is 2. The third-order valence-corrected chi connectivity index (χ3v) is 8.42. The standard InChI is InChI=1S/C22H8Cl8N2O6/c23-11-7(9(21(35)36)13(25)17(29)15(11)27)19(33)31-5-1-2-6(4-3-5)32-20(34)8-10(22(37)38)14(26)18(30)16(28)12(8)24/h1-4H,(H,31,33)(H,32,34)(H,35,36)(H,37,38). The number of carboxylic acid groups (broad SMARTS) is 2. The van der Waals surface area contributed by atoms with Crippen LogP contribution in [-0.2, 0) is 0 Å². The predicted molar refractivity (Wildman–Crippen MR) is 149 cm³/mol. The van der Waals surface area contributed by atoms with Gasteiger partial charge in [0.15, 0.2) is 0 Å². The lowest BCUT2D eigenvalue weighted by Crippen LogP contribution is -2.19. The molecule has 2 amide bonds. The zero-order valence-corrected chi connectivity index (χ0v) is 23.9. The highest BCUT2D eigenvalue weighted by Gasteiger charge is 2.30. The molecule has 0 heterocycles. The zero-order chi connectivity index (χ0) is 28.6. The number of rotatable bonds is 6. The molecule has 0 spiro atoms. The molecule has 0 radical (unpaired) electrons. The van der Waals surface area contributed by atoms with Crippen molar-refractivity contribution in [3.63, 3.8) is 0 Å². The molecule has 0 aliphatic rings. The SMILES string of the molecule is O=C(O)c1c(Cl)c(Cl)c(Cl)c(Cl)c1C(=O)Nc1ccc(NC(=O)c2c(Cl)c(Cl)c(Cl)c(Cl)c2C(=O)O)cc1. The molecule has 0 saturated carbocycles. The van der Waals surface area contributed by atoms with Crippen molar-refractivity contribution in [2.75, 3.05) is 10.6 Å². The van der Waals surface area contributed by atoms with Crippen molar-refractivity contribution in [2.45, 2.75) is 0 Å². The fraction of sp³-hybridized carbons (Fsp3) is 0. The van der Waals surface area contributed by atoms with Crippen molar-refractivity contribution in [2.24, 2.45) is 0 Å². The number of halogens is 8. The lowest BCUT2D eigenvalue weighted by atomic mass is 10.1. The Labute approximate surface area is 253 Å². The highest BCUT2D eigenvalue weighted by atomic mass is 35.5. The Morgan fingerprint density at radius 1 is 0.447 bits per heavy atom. The number of carbonyl (C=O) groups is 4. The first-order chi connectivity index (χ1) is 17.7. The summed E-state index contributed by atoms with van der Waals surface area (Å²) in [5, 5.41) is 20.8. The van der Waals surface area contributed by atoms with Crippen LogP contribution in [0.3, 0.4) is 0 Å². The molecule has 0 aliphatic heterocycles. The number of anilines is 2. The van der Waals surface area contributed by atoms with Gasteiger partial charge in [-0.2, -0.15) is 0 Å². The molecule has 3 aromatic rings. The number of carboxylic acids is 2. The minimum Gasteiger partial charge on any atom is -0.478 e. The fourth-order valence-electron chi connectivity index (χ4n) is 3.12. The second kappa shape index (κ2) is 11.9. The second-order valence-electron chi connectivity index (χ2n) is 7.11. The Balaban J connectivity index is 1.90. The van der Waals surface area contributed by atoms with E-state index in [1.807, 2.05) is 0 Å². The van der Waals surface area contributed by atoms with Crippen LogP contribution < -0.4 is 10.6 Å². The van der Waals surface area contributed by atoms with E-state index in [2.05, 4.69) is 10.6 Å². The first-order valence-electron chi connectivity index (χ1n) is 9.60. The number of hydrogen-bond donors (Lipinski definition) is 4. The molecular formula is C22H8Cl8N2O6. The van der Waals surface area contributed by atoms with Gasteiger partial charge in [-0.3, -0.25) is 9.59 Å². The average Bonchev–Trinajstić information content (AvgIpc) is 2.85. The van der Waals surface area contributed by atoms with Crippen LogP contribution in [0.25, 0.3) is 0 Å². The quantitative estimate of drug-likeness (QED) is 0.152. The third-order valence-electron chi connectivity index (χ3n) is 4.82. The molecule has 38 heavy (non-hydrogen) atoms. The molecular weight excluding hydrogens is 672 g/mol. The van der Waals surface area contributed by atoms with Crippen molar-refractivity contribution in [3.05, 3.63) is 86.7 Å². The second-order valence-corrected chi connectivity index (χ2v) is 10.1. The van der Waals surface area contributed by atoms with E-state index in [0.29, 0.717) is 0 Å². The molecule has 0 bridgehead atoms. The highest BCUT2D eigenvalue weighted by molar-refractivity contribution is 6.55. The first-order valence-corrected chi connectivity index (χ1v) is 12.6. The van der Waals surface area contributed by atoms with E-state index in [1.165, 1.54) is 24.3 Å². The number of aromatic carboxylic acids is 2. The summed E-state index contributed by atoms with van der Waals surface area (Å²) in [5.74, 6) is -5.07. The Bertz CT molecular complexity index is 1430. The first kappa shape index (κ1) is 30.4. The zero-order valence-electron chi connectivity index (χ0n) is 17.9. The molecule has 4 N–H and O–H groups in total. The summed E-state index contributed by atoms with van der Waals surface area (Å²) < 4.78 is 0. The Kier molecular flexibility index (Phi) is 9.55. The van der Waals surface area contributed by atoms with Crippen LogP contribution in [0.2, 0.25) is 40.2 Å². The molecule has 0 aromatic heterocycles. The van der Waals surface area contributed by atoms with Gasteiger partial charge in [0.05, 0.1) is 62.4 Å². The summed E-state index contributed by atoms with van der Waals surface area (Å²) in [6, 6.07) is 5.34. The van der Waals surface area contributed by atoms with Crippen molar-refractivity contribution >= 4 is 128 Å². The van der Waals surface area contributed by atoms with E-state index in [4.69, 9.17) is 92.8 Å². The molecule has 0 fully saturated rings. The van der Waals surface area contributed by atoms with E-state index >= 15 is 0 Å². The van der Waals surface area contributed by atoms with Crippen molar-refractivity contribution in [3.8, 4) is 0 Å². The number of hydrogen-bond acceptors (Lipinski definition) is 4. The normalized spacial score (nSPS) is 10.7. The summed E-state index contributed by atoms with van der Waals surface area (Å²) in [4.78, 5) is 49.1. The monoisotopic (exact) mass is 676 g/mol. The van der Waals surface area contributed by atoms with Gasteiger partial charge >= 0.3 is 11.9 Å². The van der Waals surface area contributed by atoms with Crippen LogP contribution in [0.15, 0.2) is 24.3 Å². The number of nitrogens with one attached hydrogen (secondary N) is 2. The largest absolute Gasteiger partial charge is 0.478 e. The molecule has 8 nitrogen and oxygen atoms in total. The maximum Gasteiger partial charge on any atom is 0.338 e. The summed E-state index contributed by atoms with van der Waals surface area (Å²) in [6.45, 7) is 0. The van der Waals surface area contributed by atoms with E-state index in [9.17, 15) is 29.4 Å². The van der Waals surface area contributed by atoms with E-state index in [0.717, 1.165) is 0 Å². The van der Waals surface area contributed by atoms with E-state index in [1.54, 1.807) is 0 Å². The van der Waals surface area contributed by atoms with Gasteiger partial charge < -0.3 is 20.8 Å². The number of amides is 2. The summed E-state index contributed by atoms with van der Waals surface area (Å²) in [5.41, 5.74) is -2.07. The topological polar surface area (TPSA) is 133 Å². The third kappa shape index (κ3) is 5.73. The van der Waals surface area contributed by atoms with Crippen molar-refractivity contribution in [1.29, 1.82) is 0 Å². The molecule has 0 unspecified atom stereocenters. The lowest BCUT2D eigenvalue weighted by Gasteiger charge is -2.15. The van der Waals surface area contributed by atoms with Crippen LogP contribution in [0.5, 0.6) is 0 Å². The molecule has 16 heteroatoms. The van der Waals surface area contributed by atoms with Gasteiger partial charge in [0.1, 0.15) is 0 Å². The molecule has 198 valence electrons. The van der Waals surface area contributed by atoms with Crippen molar-refractivity contribution < 1.29 is 29.4 Å². The van der Waals surface area contributed by atoms with Gasteiger partial charge in [-0.1, -0.05) is 92.8 Å². The van der Waals surface area contributed by atoms with Crippen LogP contribution in [0, 0.1) is 0 Å². The molecule has 3 aromatic carbocycles. The highest BCUT2D eigenvalue weighted by Crippen LogP contribution is 2.43. The molecule has 0 saturated heterocycles. The summed E-state index contributed by atoms with van der Waals surface area (Å²) >= 11 is 47.8. The van der Waals surface area contributed by atoms with Gasteiger partial charge in [0.25, 0.3) is 11.8 Å². The van der Waals surface area contributed by atoms with Gasteiger partial charge in [-0.25, -0.2) is 9.59 Å². The van der Waals surface area contributed by atoms with E-state index < -0.39 is 66.1 Å². The average molecular weight is 680 g/mol. The maximum atomic E-state index is 12.9. The van der Waals surface area contributed by atoms with Crippen LogP contribution >= 0.6 is 92.8 Å². The molecule has 0 atom stereocenters. The smallest absolute Gasteiger partial charge is 0.338 e. The minimum atomic E-state index is -1.57. The van der Waals surface area contributed by atoms with Crippen LogP contribution in [0.1, 0.15) is 41.4 Å². The van der Waals surface area contributed by atoms with Crippen LogP contribution in [-0.4, -0.2) is 34.0 Å². The predicted octanol–water partition coefficient (Wildman–Crippen LogP) is 8.81. The van der Waals surface area contributed by atoms with Gasteiger partial charge in [0, 0.05) is 11.4 Å². The van der Waals surface area contributed by atoms with Crippen LogP contribution in [0.4, 0.5) is 11.4 Å². The Morgan fingerprint density at radius 3 is 0.921 bits per heavy atom. The molecule has 0 aliphatic carbocycles. The summed E-state index contributed by atoms with van der Waals surface area (Å²) in [6.07, 6.45) is 0. The van der Waals surface area contributed by atoms with Gasteiger partial charge in [-0.05, 0) is 24.3 Å². The molecule has 3 rings (SSSR count).